The number of aromatic nitrogens is 3. The number of aliphatic carboxylic acids is 1. The summed E-state index contributed by atoms with van der Waals surface area (Å²) in [6, 6.07) is 6.06. The molecule has 2 aromatic rings. The Labute approximate surface area is 189 Å². The summed E-state index contributed by atoms with van der Waals surface area (Å²) in [5.41, 5.74) is 0.864. The topological polar surface area (TPSA) is 110 Å². The normalized spacial score (nSPS) is 23.4. The van der Waals surface area contributed by atoms with E-state index in [2.05, 4.69) is 31.2 Å². The number of alkyl halides is 3. The smallest absolute Gasteiger partial charge is 0.475 e. The highest BCUT2D eigenvalue weighted by molar-refractivity contribution is 5.73. The van der Waals surface area contributed by atoms with Crippen molar-refractivity contribution >= 4 is 11.8 Å². The van der Waals surface area contributed by atoms with E-state index in [1.165, 1.54) is 0 Å². The highest BCUT2D eigenvalue weighted by atomic mass is 19.4. The molecule has 2 saturated heterocycles. The van der Waals surface area contributed by atoms with Crippen LogP contribution in [0.1, 0.15) is 12.1 Å². The van der Waals surface area contributed by atoms with Gasteiger partial charge in [0.2, 0.25) is 0 Å². The Balaban J connectivity index is 0.000000383. The van der Waals surface area contributed by atoms with Crippen molar-refractivity contribution < 1.29 is 32.5 Å². The Morgan fingerprint density at radius 3 is 2.76 bits per heavy atom. The van der Waals surface area contributed by atoms with E-state index in [9.17, 15) is 13.2 Å². The second kappa shape index (κ2) is 11.3. The largest absolute Gasteiger partial charge is 0.490 e. The summed E-state index contributed by atoms with van der Waals surface area (Å²) in [7, 11) is 0. The molecule has 2 aliphatic heterocycles. The second-order valence-corrected chi connectivity index (χ2v) is 7.92. The summed E-state index contributed by atoms with van der Waals surface area (Å²) in [6.45, 7) is 5.59. The molecule has 0 bridgehead atoms. The number of pyridine rings is 1. The van der Waals surface area contributed by atoms with E-state index < -0.39 is 12.1 Å². The molecule has 2 unspecified atom stereocenters. The third-order valence-electron chi connectivity index (χ3n) is 5.20. The number of carbonyl (C=O) groups is 1. The molecule has 4 rings (SSSR count). The monoisotopic (exact) mass is 469 g/mol. The summed E-state index contributed by atoms with van der Waals surface area (Å²) in [5.74, 6) is -1.51. The predicted molar refractivity (Wildman–Crippen MR) is 111 cm³/mol. The van der Waals surface area contributed by atoms with Gasteiger partial charge in [0.25, 0.3) is 0 Å². The van der Waals surface area contributed by atoms with Gasteiger partial charge in [-0.2, -0.15) is 13.2 Å². The summed E-state index contributed by atoms with van der Waals surface area (Å²) in [6.07, 6.45) is 2.87. The Hall–Kier alpha value is -2.83. The maximum Gasteiger partial charge on any atom is 0.490 e. The number of halogens is 3. The molecule has 9 nitrogen and oxygen atoms in total. The summed E-state index contributed by atoms with van der Waals surface area (Å²) in [4.78, 5) is 24.1. The molecule has 33 heavy (non-hydrogen) atoms. The van der Waals surface area contributed by atoms with Crippen LogP contribution in [0.15, 0.2) is 43.0 Å². The molecule has 0 amide bonds. The molecule has 0 aromatic carbocycles. The van der Waals surface area contributed by atoms with E-state index in [-0.39, 0.29) is 5.60 Å². The van der Waals surface area contributed by atoms with Gasteiger partial charge in [0.05, 0.1) is 31.7 Å². The molecule has 12 heteroatoms. The first-order valence-corrected chi connectivity index (χ1v) is 10.4. The molecule has 4 heterocycles. The fourth-order valence-corrected chi connectivity index (χ4v) is 3.76. The Morgan fingerprint density at radius 2 is 2.09 bits per heavy atom. The first kappa shape index (κ1) is 24.8. The van der Waals surface area contributed by atoms with Crippen molar-refractivity contribution in [3.63, 3.8) is 0 Å². The van der Waals surface area contributed by atoms with Gasteiger partial charge in [-0.3, -0.25) is 14.9 Å². The standard InChI is InChI=1S/C19H25N5O2.C2HF3O2/c1-2-4-21-17(3-1)12-24-7-8-25-15-19(14-24)9-16(13-26-19)10-23-18-11-20-5-6-22-18;3-2(4,5)1(6)7/h1-6,11,16H,7-10,12-15H2,(H,22,23);(H,6,7). The van der Waals surface area contributed by atoms with Gasteiger partial charge in [-0.05, 0) is 18.6 Å². The summed E-state index contributed by atoms with van der Waals surface area (Å²) in [5, 5.41) is 10.5. The average molecular weight is 469 g/mol. The number of rotatable bonds is 5. The van der Waals surface area contributed by atoms with Gasteiger partial charge in [-0.1, -0.05) is 6.07 Å². The van der Waals surface area contributed by atoms with Crippen molar-refractivity contribution in [2.75, 3.05) is 44.8 Å². The molecule has 0 aliphatic carbocycles. The van der Waals surface area contributed by atoms with Crippen molar-refractivity contribution in [1.29, 1.82) is 0 Å². The number of nitrogens with one attached hydrogen (secondary N) is 1. The summed E-state index contributed by atoms with van der Waals surface area (Å²) >= 11 is 0. The molecule has 2 atom stereocenters. The van der Waals surface area contributed by atoms with Gasteiger partial charge in [0.15, 0.2) is 0 Å². The van der Waals surface area contributed by atoms with Gasteiger partial charge in [0, 0.05) is 50.7 Å². The van der Waals surface area contributed by atoms with Crippen LogP contribution in [0.2, 0.25) is 0 Å². The highest BCUT2D eigenvalue weighted by Gasteiger charge is 2.43. The first-order chi connectivity index (χ1) is 15.8. The average Bonchev–Trinajstić information content (AvgIpc) is 3.08. The Morgan fingerprint density at radius 1 is 1.27 bits per heavy atom. The molecule has 180 valence electrons. The van der Waals surface area contributed by atoms with E-state index in [1.54, 1.807) is 18.6 Å². The van der Waals surface area contributed by atoms with Crippen LogP contribution in [0.5, 0.6) is 0 Å². The molecule has 0 saturated carbocycles. The quantitative estimate of drug-likeness (QED) is 0.681. The zero-order valence-electron chi connectivity index (χ0n) is 17.9. The van der Waals surface area contributed by atoms with E-state index in [0.717, 1.165) is 57.3 Å². The lowest BCUT2D eigenvalue weighted by atomic mass is 9.94. The third kappa shape index (κ3) is 7.91. The lowest BCUT2D eigenvalue weighted by Crippen LogP contribution is -2.44. The van der Waals surface area contributed by atoms with Crippen LogP contribution in [0, 0.1) is 5.92 Å². The fourth-order valence-electron chi connectivity index (χ4n) is 3.76. The fraction of sp³-hybridized carbons (Fsp3) is 0.524. The number of hydrogen-bond acceptors (Lipinski definition) is 8. The van der Waals surface area contributed by atoms with E-state index >= 15 is 0 Å². The maximum atomic E-state index is 10.6. The van der Waals surface area contributed by atoms with Crippen molar-refractivity contribution in [1.82, 2.24) is 19.9 Å². The van der Waals surface area contributed by atoms with Crippen molar-refractivity contribution in [2.24, 2.45) is 5.92 Å². The number of anilines is 1. The van der Waals surface area contributed by atoms with Crippen molar-refractivity contribution in [3.05, 3.63) is 48.7 Å². The van der Waals surface area contributed by atoms with Crippen LogP contribution in [-0.4, -0.2) is 82.2 Å². The highest BCUT2D eigenvalue weighted by Crippen LogP contribution is 2.33. The van der Waals surface area contributed by atoms with Gasteiger partial charge in [-0.25, -0.2) is 9.78 Å². The van der Waals surface area contributed by atoms with Gasteiger partial charge in [-0.15, -0.1) is 0 Å². The molecule has 0 radical (unpaired) electrons. The van der Waals surface area contributed by atoms with Crippen molar-refractivity contribution in [2.45, 2.75) is 24.7 Å². The number of ether oxygens (including phenoxy) is 2. The van der Waals surface area contributed by atoms with E-state index in [0.29, 0.717) is 12.5 Å². The van der Waals surface area contributed by atoms with Gasteiger partial charge < -0.3 is 19.9 Å². The molecule has 2 aliphatic rings. The number of carboxylic acid groups (broad SMARTS) is 1. The third-order valence-corrected chi connectivity index (χ3v) is 5.20. The molecule has 1 spiro atoms. The molecular formula is C21H26F3N5O4. The minimum atomic E-state index is -5.08. The molecular weight excluding hydrogens is 443 g/mol. The number of hydrogen-bond donors (Lipinski definition) is 2. The van der Waals surface area contributed by atoms with Crippen LogP contribution >= 0.6 is 0 Å². The van der Waals surface area contributed by atoms with Crippen molar-refractivity contribution in [3.8, 4) is 0 Å². The predicted octanol–water partition coefficient (Wildman–Crippen LogP) is 2.22. The number of carboxylic acids is 1. The molecule has 2 fully saturated rings. The zero-order chi connectivity index (χ0) is 23.7. The van der Waals surface area contributed by atoms with E-state index in [1.807, 2.05) is 18.3 Å². The minimum absolute atomic E-state index is 0.222. The summed E-state index contributed by atoms with van der Waals surface area (Å²) < 4.78 is 43.9. The minimum Gasteiger partial charge on any atom is -0.475 e. The SMILES string of the molecule is O=C(O)C(F)(F)F.c1ccc(CN2CCOCC3(CC(CNc4cnccn4)CO3)C2)nc1. The van der Waals surface area contributed by atoms with Crippen LogP contribution < -0.4 is 5.32 Å². The van der Waals surface area contributed by atoms with Crippen LogP contribution in [0.4, 0.5) is 19.0 Å². The lowest BCUT2D eigenvalue weighted by molar-refractivity contribution is -0.192. The zero-order valence-corrected chi connectivity index (χ0v) is 17.9. The lowest BCUT2D eigenvalue weighted by Gasteiger charge is -2.31. The Bertz CT molecular complexity index is 875. The first-order valence-electron chi connectivity index (χ1n) is 10.4. The van der Waals surface area contributed by atoms with Crippen LogP contribution in [0.3, 0.4) is 0 Å². The van der Waals surface area contributed by atoms with Crippen LogP contribution in [0.25, 0.3) is 0 Å². The van der Waals surface area contributed by atoms with E-state index in [4.69, 9.17) is 19.4 Å². The molecule has 2 N–H and O–H groups in total. The van der Waals surface area contributed by atoms with Crippen LogP contribution in [-0.2, 0) is 20.8 Å². The Kier molecular flexibility index (Phi) is 8.53. The second-order valence-electron chi connectivity index (χ2n) is 7.92. The number of nitrogens with zero attached hydrogens (tertiary/aromatic N) is 4. The maximum absolute atomic E-state index is 10.6. The molecule has 2 aromatic heterocycles. The van der Waals surface area contributed by atoms with Gasteiger partial charge in [0.1, 0.15) is 11.4 Å². The van der Waals surface area contributed by atoms with Gasteiger partial charge >= 0.3 is 12.1 Å².